The van der Waals surface area contributed by atoms with Crippen molar-refractivity contribution in [3.8, 4) is 0 Å². The summed E-state index contributed by atoms with van der Waals surface area (Å²) >= 11 is 5.51. The lowest BCUT2D eigenvalue weighted by atomic mass is 9.88. The molecular weight excluding hydrogens is 344 g/mol. The third kappa shape index (κ3) is 3.35. The Labute approximate surface area is 157 Å². The smallest absolute Gasteiger partial charge is 0.336 e. The number of thiocarbonyl (C=S) groups is 1. The Morgan fingerprint density at radius 2 is 2.04 bits per heavy atom. The molecule has 1 heterocycles. The minimum absolute atomic E-state index is 0.223. The lowest BCUT2D eigenvalue weighted by Crippen LogP contribution is -2.34. The number of nitrogens with one attached hydrogen (secondary N) is 2. The van der Waals surface area contributed by atoms with Crippen molar-refractivity contribution in [1.82, 2.24) is 5.32 Å². The van der Waals surface area contributed by atoms with E-state index in [1.807, 2.05) is 25.1 Å². The van der Waals surface area contributed by atoms with Crippen molar-refractivity contribution >= 4 is 34.0 Å². The highest BCUT2D eigenvalue weighted by atomic mass is 32.1. The maximum absolute atomic E-state index is 11.6. The number of hydrogen-bond acceptors (Lipinski definition) is 3. The van der Waals surface area contributed by atoms with Gasteiger partial charge in [-0.25, -0.2) is 4.79 Å². The first-order valence-electron chi connectivity index (χ1n) is 8.80. The minimum atomic E-state index is -0.341. The van der Waals surface area contributed by atoms with Gasteiger partial charge in [-0.15, -0.1) is 0 Å². The van der Waals surface area contributed by atoms with Gasteiger partial charge in [-0.05, 0) is 67.2 Å². The van der Waals surface area contributed by atoms with Crippen LogP contribution in [0.3, 0.4) is 0 Å². The number of anilines is 1. The van der Waals surface area contributed by atoms with Gasteiger partial charge in [-0.3, -0.25) is 0 Å². The molecule has 2 aromatic carbocycles. The molecule has 0 saturated heterocycles. The van der Waals surface area contributed by atoms with Crippen molar-refractivity contribution in [2.45, 2.75) is 32.2 Å². The lowest BCUT2D eigenvalue weighted by molar-refractivity contribution is 0.529. The van der Waals surface area contributed by atoms with Crippen molar-refractivity contribution in [2.24, 2.45) is 0 Å². The summed E-state index contributed by atoms with van der Waals surface area (Å²) < 4.78 is 5.30. The predicted molar refractivity (Wildman–Crippen MR) is 109 cm³/mol. The van der Waals surface area contributed by atoms with E-state index in [0.29, 0.717) is 10.7 Å². The topological polar surface area (TPSA) is 54.3 Å². The SMILES string of the molecule is Cc1cc(=O)oc2cc(NC(=S)NC3CCCc4ccccc43)ccc12. The largest absolute Gasteiger partial charge is 0.423 e. The number of fused-ring (bicyclic) bond motifs is 2. The van der Waals surface area contributed by atoms with Crippen LogP contribution in [-0.2, 0) is 6.42 Å². The Morgan fingerprint density at radius 3 is 2.92 bits per heavy atom. The van der Waals surface area contributed by atoms with E-state index >= 15 is 0 Å². The van der Waals surface area contributed by atoms with Crippen LogP contribution in [0.15, 0.2) is 57.7 Å². The fourth-order valence-electron chi connectivity index (χ4n) is 3.63. The molecule has 0 spiro atoms. The summed E-state index contributed by atoms with van der Waals surface area (Å²) in [5, 5.41) is 8.13. The monoisotopic (exact) mass is 364 g/mol. The molecule has 1 aromatic heterocycles. The van der Waals surface area contributed by atoms with Crippen molar-refractivity contribution in [1.29, 1.82) is 0 Å². The summed E-state index contributed by atoms with van der Waals surface area (Å²) in [4.78, 5) is 11.6. The molecule has 26 heavy (non-hydrogen) atoms. The zero-order chi connectivity index (χ0) is 18.1. The van der Waals surface area contributed by atoms with Gasteiger partial charge in [-0.1, -0.05) is 24.3 Å². The summed E-state index contributed by atoms with van der Waals surface area (Å²) in [7, 11) is 0. The minimum Gasteiger partial charge on any atom is -0.423 e. The molecule has 1 aliphatic carbocycles. The number of rotatable bonds is 2. The highest BCUT2D eigenvalue weighted by molar-refractivity contribution is 7.80. The Bertz CT molecular complexity index is 1040. The van der Waals surface area contributed by atoms with Crippen molar-refractivity contribution in [2.75, 3.05) is 5.32 Å². The summed E-state index contributed by atoms with van der Waals surface area (Å²) in [6.07, 6.45) is 3.33. The zero-order valence-corrected chi connectivity index (χ0v) is 15.4. The first kappa shape index (κ1) is 16.8. The number of aryl methyl sites for hydroxylation is 2. The first-order valence-corrected chi connectivity index (χ1v) is 9.21. The average Bonchev–Trinajstić information content (AvgIpc) is 2.61. The summed E-state index contributed by atoms with van der Waals surface area (Å²) in [5.41, 5.74) is 4.64. The molecule has 1 unspecified atom stereocenters. The van der Waals surface area contributed by atoms with Crippen LogP contribution in [0.2, 0.25) is 0 Å². The molecule has 0 amide bonds. The Kier molecular flexibility index (Phi) is 4.47. The molecule has 0 bridgehead atoms. The van der Waals surface area contributed by atoms with Crippen LogP contribution in [0.1, 0.15) is 35.6 Å². The summed E-state index contributed by atoms with van der Waals surface area (Å²) in [6.45, 7) is 1.90. The maximum Gasteiger partial charge on any atom is 0.336 e. The Hall–Kier alpha value is -2.66. The van der Waals surface area contributed by atoms with Gasteiger partial charge in [0.1, 0.15) is 5.58 Å². The molecule has 3 aromatic rings. The molecule has 0 saturated carbocycles. The van der Waals surface area contributed by atoms with Crippen LogP contribution in [-0.4, -0.2) is 5.11 Å². The van der Waals surface area contributed by atoms with Crippen molar-refractivity contribution in [3.05, 3.63) is 75.6 Å². The normalized spacial score (nSPS) is 16.1. The second kappa shape index (κ2) is 6.92. The lowest BCUT2D eigenvalue weighted by Gasteiger charge is -2.27. The molecule has 4 rings (SSSR count). The molecular formula is C21H20N2O2S. The van der Waals surface area contributed by atoms with Gasteiger partial charge in [0.2, 0.25) is 0 Å². The molecule has 0 aliphatic heterocycles. The number of benzene rings is 2. The van der Waals surface area contributed by atoms with Gasteiger partial charge in [0.25, 0.3) is 0 Å². The quantitative estimate of drug-likeness (QED) is 0.519. The van der Waals surface area contributed by atoms with Crippen LogP contribution in [0.4, 0.5) is 5.69 Å². The van der Waals surface area contributed by atoms with E-state index in [-0.39, 0.29) is 11.7 Å². The van der Waals surface area contributed by atoms with E-state index in [0.717, 1.165) is 35.9 Å². The standard InChI is InChI=1S/C21H20N2O2S/c1-13-11-20(24)25-19-12-15(9-10-16(13)19)22-21(26)23-18-8-4-6-14-5-2-3-7-17(14)18/h2-3,5,7,9-12,18H,4,6,8H2,1H3,(H2,22,23,26). The zero-order valence-electron chi connectivity index (χ0n) is 14.5. The van der Waals surface area contributed by atoms with E-state index in [4.69, 9.17) is 16.6 Å². The second-order valence-electron chi connectivity index (χ2n) is 6.70. The van der Waals surface area contributed by atoms with Crippen molar-refractivity contribution < 1.29 is 4.42 Å². The third-order valence-corrected chi connectivity index (χ3v) is 5.10. The van der Waals surface area contributed by atoms with Gasteiger partial charge in [0.15, 0.2) is 5.11 Å². The highest BCUT2D eigenvalue weighted by Gasteiger charge is 2.20. The Morgan fingerprint density at radius 1 is 1.19 bits per heavy atom. The van der Waals surface area contributed by atoms with E-state index in [1.54, 1.807) is 0 Å². The van der Waals surface area contributed by atoms with Crippen LogP contribution >= 0.6 is 12.2 Å². The molecule has 1 atom stereocenters. The van der Waals surface area contributed by atoms with E-state index in [2.05, 4.69) is 34.9 Å². The van der Waals surface area contributed by atoms with Crippen LogP contribution < -0.4 is 16.3 Å². The van der Waals surface area contributed by atoms with E-state index < -0.39 is 0 Å². The van der Waals surface area contributed by atoms with Gasteiger partial charge >= 0.3 is 5.63 Å². The third-order valence-electron chi connectivity index (χ3n) is 4.88. The molecule has 2 N–H and O–H groups in total. The Balaban J connectivity index is 1.52. The summed E-state index contributed by atoms with van der Waals surface area (Å²) in [6, 6.07) is 15.9. The molecule has 4 nitrogen and oxygen atoms in total. The average molecular weight is 364 g/mol. The second-order valence-corrected chi connectivity index (χ2v) is 7.11. The first-order chi connectivity index (χ1) is 12.6. The predicted octanol–water partition coefficient (Wildman–Crippen LogP) is 4.47. The van der Waals surface area contributed by atoms with Gasteiger partial charge < -0.3 is 15.1 Å². The summed E-state index contributed by atoms with van der Waals surface area (Å²) in [5.74, 6) is 0. The highest BCUT2D eigenvalue weighted by Crippen LogP contribution is 2.29. The van der Waals surface area contributed by atoms with Crippen LogP contribution in [0.25, 0.3) is 11.0 Å². The fourth-order valence-corrected chi connectivity index (χ4v) is 3.89. The molecule has 132 valence electrons. The number of hydrogen-bond donors (Lipinski definition) is 2. The van der Waals surface area contributed by atoms with E-state index in [1.165, 1.54) is 17.2 Å². The van der Waals surface area contributed by atoms with Gasteiger partial charge in [0, 0.05) is 23.2 Å². The van der Waals surface area contributed by atoms with Crippen LogP contribution in [0.5, 0.6) is 0 Å². The van der Waals surface area contributed by atoms with Crippen LogP contribution in [0, 0.1) is 6.92 Å². The molecule has 1 aliphatic rings. The fraction of sp³-hybridized carbons (Fsp3) is 0.238. The maximum atomic E-state index is 11.6. The van der Waals surface area contributed by atoms with Gasteiger partial charge in [-0.2, -0.15) is 0 Å². The molecule has 0 radical (unpaired) electrons. The molecule has 5 heteroatoms. The van der Waals surface area contributed by atoms with Crippen molar-refractivity contribution in [3.63, 3.8) is 0 Å². The van der Waals surface area contributed by atoms with E-state index in [9.17, 15) is 4.79 Å². The molecule has 0 fully saturated rings. The van der Waals surface area contributed by atoms with Gasteiger partial charge in [0.05, 0.1) is 6.04 Å².